The Kier molecular flexibility index (Phi) is 4.50. The second kappa shape index (κ2) is 5.46. The van der Waals surface area contributed by atoms with Crippen LogP contribution in [0.25, 0.3) is 0 Å². The molecule has 0 aliphatic rings. The van der Waals surface area contributed by atoms with Crippen molar-refractivity contribution >= 4 is 39.3 Å². The summed E-state index contributed by atoms with van der Waals surface area (Å²) in [7, 11) is 0. The molecule has 0 heterocycles. The molecule has 1 unspecified atom stereocenters. The van der Waals surface area contributed by atoms with Crippen molar-refractivity contribution in [2.45, 2.75) is 17.6 Å². The van der Waals surface area contributed by atoms with Gasteiger partial charge >= 0.3 is 5.97 Å². The summed E-state index contributed by atoms with van der Waals surface area (Å²) in [5.74, 6) is -1.15. The fourth-order valence-electron chi connectivity index (χ4n) is 1.28. The number of aromatic carboxylic acids is 1. The van der Waals surface area contributed by atoms with E-state index in [1.807, 2.05) is 0 Å². The van der Waals surface area contributed by atoms with Gasteiger partial charge in [-0.2, -0.15) is 0 Å². The Hall–Kier alpha value is -0.870. The maximum absolute atomic E-state index is 11.7. The summed E-state index contributed by atoms with van der Waals surface area (Å²) in [6.45, 7) is 1.66. The summed E-state index contributed by atoms with van der Waals surface area (Å²) in [4.78, 5) is 22.3. The first kappa shape index (κ1) is 13.2. The van der Waals surface area contributed by atoms with Crippen molar-refractivity contribution in [1.29, 1.82) is 0 Å². The van der Waals surface area contributed by atoms with Crippen molar-refractivity contribution in [2.24, 2.45) is 0 Å². The summed E-state index contributed by atoms with van der Waals surface area (Å²) >= 11 is 8.74. The first-order valence-electron chi connectivity index (χ1n) is 4.57. The van der Waals surface area contributed by atoms with Gasteiger partial charge in [-0.1, -0.05) is 28.1 Å². The van der Waals surface area contributed by atoms with Crippen LogP contribution in [0.15, 0.2) is 18.2 Å². The smallest absolute Gasteiger partial charge is 0.336 e. The minimum Gasteiger partial charge on any atom is -0.478 e. The van der Waals surface area contributed by atoms with Crippen LogP contribution in [-0.4, -0.2) is 21.7 Å². The van der Waals surface area contributed by atoms with E-state index < -0.39 is 10.8 Å². The molecule has 0 aromatic heterocycles. The Bertz CT molecular complexity index is 429. The molecule has 0 saturated carbocycles. The molecule has 3 nitrogen and oxygen atoms in total. The predicted molar refractivity (Wildman–Crippen MR) is 65.7 cm³/mol. The van der Waals surface area contributed by atoms with Crippen LogP contribution < -0.4 is 0 Å². The molecule has 0 spiro atoms. The van der Waals surface area contributed by atoms with E-state index in [1.54, 1.807) is 13.0 Å². The Balaban J connectivity index is 3.28. The third-order valence-electron chi connectivity index (χ3n) is 2.10. The van der Waals surface area contributed by atoms with Crippen LogP contribution in [0.4, 0.5) is 0 Å². The minimum absolute atomic E-state index is 0.00514. The van der Waals surface area contributed by atoms with E-state index in [9.17, 15) is 9.59 Å². The number of halogens is 2. The van der Waals surface area contributed by atoms with Crippen molar-refractivity contribution in [3.63, 3.8) is 0 Å². The molecule has 0 aliphatic carbocycles. The van der Waals surface area contributed by atoms with Crippen LogP contribution in [0, 0.1) is 0 Å². The zero-order chi connectivity index (χ0) is 12.3. The number of alkyl halides is 2. The minimum atomic E-state index is -1.12. The maximum Gasteiger partial charge on any atom is 0.336 e. The zero-order valence-corrected chi connectivity index (χ0v) is 10.9. The number of hydrogen-bond donors (Lipinski definition) is 1. The predicted octanol–water partition coefficient (Wildman–Crippen LogP) is 3.09. The molecule has 0 amide bonds. The van der Waals surface area contributed by atoms with Gasteiger partial charge in [0.1, 0.15) is 0 Å². The molecule has 86 valence electrons. The fourth-order valence-corrected chi connectivity index (χ4v) is 1.69. The van der Waals surface area contributed by atoms with Crippen LogP contribution in [0.1, 0.15) is 33.2 Å². The summed E-state index contributed by atoms with van der Waals surface area (Å²) in [6, 6.07) is 4.58. The summed E-state index contributed by atoms with van der Waals surface area (Å²) < 4.78 is 0. The molecule has 1 N–H and O–H groups in total. The molecule has 16 heavy (non-hydrogen) atoms. The molecule has 1 aromatic rings. The molecule has 0 aliphatic heterocycles. The first-order chi connectivity index (χ1) is 7.47. The number of hydrogen-bond acceptors (Lipinski definition) is 2. The number of carboxylic acid groups (broad SMARTS) is 1. The van der Waals surface area contributed by atoms with Gasteiger partial charge in [-0.25, -0.2) is 4.79 Å². The molecule has 1 rings (SSSR count). The van der Waals surface area contributed by atoms with E-state index in [4.69, 9.17) is 16.7 Å². The lowest BCUT2D eigenvalue weighted by Gasteiger charge is -2.08. The van der Waals surface area contributed by atoms with Crippen LogP contribution in [-0.2, 0) is 5.88 Å². The van der Waals surface area contributed by atoms with E-state index in [0.717, 1.165) is 0 Å². The lowest BCUT2D eigenvalue weighted by molar-refractivity contribution is 0.0692. The summed E-state index contributed by atoms with van der Waals surface area (Å²) in [5, 5.41) is 9.01. The normalized spacial score (nSPS) is 12.2. The standard InChI is InChI=1S/C11H10BrClO3/c1-6(12)10(14)8-3-2-7(5-13)4-9(8)11(15)16/h2-4,6H,5H2,1H3,(H,15,16). The fraction of sp³-hybridized carbons (Fsp3) is 0.273. The molecule has 5 heteroatoms. The lowest BCUT2D eigenvalue weighted by atomic mass is 10.00. The highest BCUT2D eigenvalue weighted by molar-refractivity contribution is 9.10. The first-order valence-corrected chi connectivity index (χ1v) is 6.03. The Morgan fingerprint density at radius 3 is 2.50 bits per heavy atom. The number of ketones is 1. The molecule has 1 atom stereocenters. The second-order valence-corrected chi connectivity index (χ2v) is 4.94. The third-order valence-corrected chi connectivity index (χ3v) is 2.82. The molecular formula is C11H10BrClO3. The van der Waals surface area contributed by atoms with Crippen molar-refractivity contribution < 1.29 is 14.7 Å². The quantitative estimate of drug-likeness (QED) is 0.687. The van der Waals surface area contributed by atoms with Gasteiger partial charge in [0, 0.05) is 11.4 Å². The highest BCUT2D eigenvalue weighted by Crippen LogP contribution is 2.18. The van der Waals surface area contributed by atoms with Crippen molar-refractivity contribution in [3.05, 3.63) is 34.9 Å². The van der Waals surface area contributed by atoms with Crippen LogP contribution in [0.2, 0.25) is 0 Å². The lowest BCUT2D eigenvalue weighted by Crippen LogP contribution is -2.15. The van der Waals surface area contributed by atoms with E-state index >= 15 is 0 Å². The summed E-state index contributed by atoms with van der Waals surface area (Å²) in [5.41, 5.74) is 0.873. The molecule has 0 fully saturated rings. The third kappa shape index (κ3) is 2.83. The second-order valence-electron chi connectivity index (χ2n) is 3.30. The monoisotopic (exact) mass is 304 g/mol. The maximum atomic E-state index is 11.7. The molecule has 0 bridgehead atoms. The molecule has 0 saturated heterocycles. The van der Waals surface area contributed by atoms with Crippen molar-refractivity contribution in [3.8, 4) is 0 Å². The topological polar surface area (TPSA) is 54.4 Å². The van der Waals surface area contributed by atoms with Crippen molar-refractivity contribution in [1.82, 2.24) is 0 Å². The number of benzene rings is 1. The number of carbonyl (C=O) groups excluding carboxylic acids is 1. The SMILES string of the molecule is CC(Br)C(=O)c1ccc(CCl)cc1C(=O)O. The van der Waals surface area contributed by atoms with Gasteiger partial charge in [-0.3, -0.25) is 4.79 Å². The molecule has 0 radical (unpaired) electrons. The summed E-state index contributed by atoms with van der Waals surface area (Å²) in [6.07, 6.45) is 0. The van der Waals surface area contributed by atoms with E-state index in [1.165, 1.54) is 12.1 Å². The van der Waals surface area contributed by atoms with Gasteiger partial charge in [0.25, 0.3) is 0 Å². The van der Waals surface area contributed by atoms with Gasteiger partial charge in [-0.15, -0.1) is 11.6 Å². The molecule has 1 aromatic carbocycles. The number of carbonyl (C=O) groups is 2. The van der Waals surface area contributed by atoms with Crippen molar-refractivity contribution in [2.75, 3.05) is 0 Å². The average molecular weight is 306 g/mol. The van der Waals surface area contributed by atoms with E-state index in [2.05, 4.69) is 15.9 Å². The van der Waals surface area contributed by atoms with Gasteiger partial charge in [0.2, 0.25) is 0 Å². The van der Waals surface area contributed by atoms with E-state index in [-0.39, 0.29) is 22.8 Å². The zero-order valence-electron chi connectivity index (χ0n) is 8.54. The Morgan fingerprint density at radius 2 is 2.06 bits per heavy atom. The Morgan fingerprint density at radius 1 is 1.44 bits per heavy atom. The van der Waals surface area contributed by atoms with Gasteiger partial charge < -0.3 is 5.11 Å². The van der Waals surface area contributed by atoms with Gasteiger partial charge in [0.05, 0.1) is 10.4 Å². The number of rotatable bonds is 4. The largest absolute Gasteiger partial charge is 0.478 e. The highest BCUT2D eigenvalue weighted by Gasteiger charge is 2.19. The van der Waals surface area contributed by atoms with Gasteiger partial charge in [0.15, 0.2) is 5.78 Å². The van der Waals surface area contributed by atoms with Crippen LogP contribution in [0.5, 0.6) is 0 Å². The highest BCUT2D eigenvalue weighted by atomic mass is 79.9. The molecular weight excluding hydrogens is 295 g/mol. The van der Waals surface area contributed by atoms with E-state index in [0.29, 0.717) is 5.56 Å². The average Bonchev–Trinajstić information content (AvgIpc) is 2.26. The number of Topliss-reactive ketones (excluding diaryl/α,β-unsaturated/α-hetero) is 1. The number of carboxylic acids is 1. The van der Waals surface area contributed by atoms with Gasteiger partial charge in [-0.05, 0) is 18.6 Å². The van der Waals surface area contributed by atoms with Crippen LogP contribution >= 0.6 is 27.5 Å². The van der Waals surface area contributed by atoms with Crippen LogP contribution in [0.3, 0.4) is 0 Å². The Labute approximate surface area is 107 Å².